The van der Waals surface area contributed by atoms with Crippen molar-refractivity contribution >= 4 is 0 Å². The molecule has 1 atom stereocenters. The predicted molar refractivity (Wildman–Crippen MR) is 55.5 cm³/mol. The van der Waals surface area contributed by atoms with Crippen LogP contribution in [-0.4, -0.2) is 6.79 Å². The van der Waals surface area contributed by atoms with Crippen LogP contribution in [0, 0.1) is 0 Å². The molecule has 0 bridgehead atoms. The highest BCUT2D eigenvalue weighted by Crippen LogP contribution is 2.35. The molecule has 0 amide bonds. The van der Waals surface area contributed by atoms with E-state index >= 15 is 0 Å². The second-order valence-corrected chi connectivity index (χ2v) is 3.74. The predicted octanol–water partition coefficient (Wildman–Crippen LogP) is 3.08. The van der Waals surface area contributed by atoms with Crippen molar-refractivity contribution in [3.05, 3.63) is 23.8 Å². The van der Waals surface area contributed by atoms with Crippen LogP contribution in [-0.2, 0) is 5.11 Å². The monoisotopic (exact) mass is 207 g/mol. The number of benzene rings is 1. The van der Waals surface area contributed by atoms with Gasteiger partial charge in [0.05, 0.1) is 0 Å². The molecule has 1 aliphatic rings. The van der Waals surface area contributed by atoms with E-state index < -0.39 is 6.10 Å². The first-order chi connectivity index (χ1) is 7.31. The fraction of sp³-hybridized carbons (Fsp3) is 0.500. The van der Waals surface area contributed by atoms with Gasteiger partial charge in [0.1, 0.15) is 6.10 Å². The Morgan fingerprint density at radius 3 is 2.93 bits per heavy atom. The molecule has 0 saturated heterocycles. The summed E-state index contributed by atoms with van der Waals surface area (Å²) in [7, 11) is 0. The summed E-state index contributed by atoms with van der Waals surface area (Å²) < 4.78 is 10.4. The van der Waals surface area contributed by atoms with Crippen molar-refractivity contribution in [2.24, 2.45) is 0 Å². The van der Waals surface area contributed by atoms with E-state index in [1.807, 2.05) is 12.1 Å². The van der Waals surface area contributed by atoms with Gasteiger partial charge < -0.3 is 9.47 Å². The number of rotatable bonds is 4. The molecule has 3 nitrogen and oxygen atoms in total. The number of ether oxygens (including phenoxy) is 2. The summed E-state index contributed by atoms with van der Waals surface area (Å²) in [5.41, 5.74) is 0.799. The van der Waals surface area contributed by atoms with Gasteiger partial charge in [0.2, 0.25) is 6.79 Å². The number of hydrogen-bond acceptors (Lipinski definition) is 2. The second kappa shape index (κ2) is 4.53. The Bertz CT molecular complexity index is 336. The molecule has 1 unspecified atom stereocenters. The average molecular weight is 207 g/mol. The van der Waals surface area contributed by atoms with E-state index in [1.165, 1.54) is 0 Å². The lowest BCUT2D eigenvalue weighted by molar-refractivity contribution is 0.0789. The van der Waals surface area contributed by atoms with Crippen LogP contribution in [0.25, 0.3) is 0 Å². The van der Waals surface area contributed by atoms with E-state index in [-0.39, 0.29) is 6.79 Å². The van der Waals surface area contributed by atoms with Crippen LogP contribution in [0.4, 0.5) is 0 Å². The SMILES string of the molecule is CCCCC([O])c1ccc2c(c1)OCO2. The molecule has 1 heterocycles. The van der Waals surface area contributed by atoms with Gasteiger partial charge in [-0.3, -0.25) is 0 Å². The summed E-state index contributed by atoms with van der Waals surface area (Å²) in [6.07, 6.45) is 2.08. The molecule has 0 saturated carbocycles. The maximum Gasteiger partial charge on any atom is 0.231 e. The number of fused-ring (bicyclic) bond motifs is 1. The Balaban J connectivity index is 2.08. The highest BCUT2D eigenvalue weighted by Gasteiger charge is 2.16. The lowest BCUT2D eigenvalue weighted by atomic mass is 10.0. The molecule has 0 spiro atoms. The molecule has 1 radical (unpaired) electrons. The topological polar surface area (TPSA) is 38.4 Å². The smallest absolute Gasteiger partial charge is 0.231 e. The molecule has 0 aromatic heterocycles. The summed E-state index contributed by atoms with van der Waals surface area (Å²) in [6, 6.07) is 5.45. The van der Waals surface area contributed by atoms with Gasteiger partial charge in [-0.25, -0.2) is 5.11 Å². The normalized spacial score (nSPS) is 15.3. The van der Waals surface area contributed by atoms with Crippen LogP contribution in [0.15, 0.2) is 18.2 Å². The third-order valence-electron chi connectivity index (χ3n) is 2.59. The molecule has 1 aromatic rings. The molecular formula is C12H15O3. The summed E-state index contributed by atoms with van der Waals surface area (Å²) in [5.74, 6) is 1.44. The van der Waals surface area contributed by atoms with Gasteiger partial charge in [0, 0.05) is 0 Å². The van der Waals surface area contributed by atoms with Gasteiger partial charge in [-0.2, -0.15) is 0 Å². The van der Waals surface area contributed by atoms with E-state index in [1.54, 1.807) is 6.07 Å². The van der Waals surface area contributed by atoms with Crippen LogP contribution < -0.4 is 9.47 Å². The molecule has 81 valence electrons. The Kier molecular flexibility index (Phi) is 3.11. The van der Waals surface area contributed by atoms with Crippen LogP contribution in [0.1, 0.15) is 37.9 Å². The molecule has 0 fully saturated rings. The zero-order valence-electron chi connectivity index (χ0n) is 8.86. The molecular weight excluding hydrogens is 192 g/mol. The van der Waals surface area contributed by atoms with Crippen molar-refractivity contribution in [3.8, 4) is 11.5 Å². The average Bonchev–Trinajstić information content (AvgIpc) is 2.72. The van der Waals surface area contributed by atoms with Crippen LogP contribution >= 0.6 is 0 Å². The van der Waals surface area contributed by atoms with Gasteiger partial charge in [0.15, 0.2) is 11.5 Å². The minimum atomic E-state index is -0.639. The van der Waals surface area contributed by atoms with Crippen molar-refractivity contribution in [1.82, 2.24) is 0 Å². The van der Waals surface area contributed by atoms with E-state index in [0.29, 0.717) is 12.2 Å². The first kappa shape index (κ1) is 10.3. The zero-order valence-corrected chi connectivity index (χ0v) is 8.86. The highest BCUT2D eigenvalue weighted by molar-refractivity contribution is 5.44. The number of hydrogen-bond donors (Lipinski definition) is 0. The van der Waals surface area contributed by atoms with Crippen molar-refractivity contribution in [2.45, 2.75) is 32.3 Å². The largest absolute Gasteiger partial charge is 0.454 e. The molecule has 0 aliphatic carbocycles. The van der Waals surface area contributed by atoms with Crippen molar-refractivity contribution in [1.29, 1.82) is 0 Å². The fourth-order valence-corrected chi connectivity index (χ4v) is 1.67. The minimum absolute atomic E-state index is 0.261. The van der Waals surface area contributed by atoms with E-state index in [2.05, 4.69) is 6.92 Å². The Morgan fingerprint density at radius 1 is 1.33 bits per heavy atom. The van der Waals surface area contributed by atoms with E-state index in [0.717, 1.165) is 24.2 Å². The maximum absolute atomic E-state index is 11.8. The van der Waals surface area contributed by atoms with Crippen LogP contribution in [0.2, 0.25) is 0 Å². The fourth-order valence-electron chi connectivity index (χ4n) is 1.67. The molecule has 0 N–H and O–H groups in total. The molecule has 2 rings (SSSR count). The molecule has 1 aromatic carbocycles. The Labute approximate surface area is 89.6 Å². The van der Waals surface area contributed by atoms with Gasteiger partial charge in [-0.1, -0.05) is 25.8 Å². The maximum atomic E-state index is 11.8. The summed E-state index contributed by atoms with van der Waals surface area (Å²) >= 11 is 0. The summed E-state index contributed by atoms with van der Waals surface area (Å²) in [6.45, 7) is 2.35. The molecule has 1 aliphatic heterocycles. The van der Waals surface area contributed by atoms with Crippen molar-refractivity contribution in [2.75, 3.05) is 6.79 Å². The third kappa shape index (κ3) is 2.23. The van der Waals surface area contributed by atoms with Gasteiger partial charge in [-0.05, 0) is 24.1 Å². The Hall–Kier alpha value is -1.22. The van der Waals surface area contributed by atoms with Gasteiger partial charge in [0.25, 0.3) is 0 Å². The number of unbranched alkanes of at least 4 members (excludes halogenated alkanes) is 1. The first-order valence-corrected chi connectivity index (χ1v) is 5.36. The minimum Gasteiger partial charge on any atom is -0.454 e. The quantitative estimate of drug-likeness (QED) is 0.761. The van der Waals surface area contributed by atoms with Gasteiger partial charge >= 0.3 is 0 Å². The third-order valence-corrected chi connectivity index (χ3v) is 2.59. The summed E-state index contributed by atoms with van der Waals surface area (Å²) in [4.78, 5) is 0. The molecule has 3 heteroatoms. The molecule has 15 heavy (non-hydrogen) atoms. The van der Waals surface area contributed by atoms with Gasteiger partial charge in [-0.15, -0.1) is 0 Å². The lowest BCUT2D eigenvalue weighted by Crippen LogP contribution is -1.95. The van der Waals surface area contributed by atoms with Crippen molar-refractivity contribution < 1.29 is 14.6 Å². The standard InChI is InChI=1S/C12H15O3/c1-2-3-4-10(13)9-5-6-11-12(7-9)15-8-14-11/h5-7,10H,2-4,8H2,1H3. The lowest BCUT2D eigenvalue weighted by Gasteiger charge is -2.08. The van der Waals surface area contributed by atoms with E-state index in [9.17, 15) is 5.11 Å². The van der Waals surface area contributed by atoms with Crippen molar-refractivity contribution in [3.63, 3.8) is 0 Å². The first-order valence-electron chi connectivity index (χ1n) is 5.36. The van der Waals surface area contributed by atoms with Crippen LogP contribution in [0.5, 0.6) is 11.5 Å². The highest BCUT2D eigenvalue weighted by atomic mass is 16.7. The summed E-state index contributed by atoms with van der Waals surface area (Å²) in [5, 5.41) is 11.8. The second-order valence-electron chi connectivity index (χ2n) is 3.74. The Morgan fingerprint density at radius 2 is 2.13 bits per heavy atom. The van der Waals surface area contributed by atoms with Crippen LogP contribution in [0.3, 0.4) is 0 Å². The van der Waals surface area contributed by atoms with E-state index in [4.69, 9.17) is 9.47 Å². The zero-order chi connectivity index (χ0) is 10.7.